The van der Waals surface area contributed by atoms with Crippen molar-refractivity contribution in [1.82, 2.24) is 15.1 Å². The minimum absolute atomic E-state index is 0.105. The van der Waals surface area contributed by atoms with E-state index in [-0.39, 0.29) is 47.5 Å². The van der Waals surface area contributed by atoms with E-state index in [4.69, 9.17) is 4.74 Å². The monoisotopic (exact) mass is 775 g/mol. The smallest absolute Gasteiger partial charge is 0.255 e. The fourth-order valence-electron chi connectivity index (χ4n) is 9.64. The topological polar surface area (TPSA) is 106 Å². The van der Waals surface area contributed by atoms with Gasteiger partial charge in [-0.05, 0) is 96.8 Å². The lowest BCUT2D eigenvalue weighted by molar-refractivity contribution is -0.136. The van der Waals surface area contributed by atoms with Gasteiger partial charge in [0.25, 0.3) is 5.91 Å². The molecule has 0 saturated carbocycles. The summed E-state index contributed by atoms with van der Waals surface area (Å²) < 4.78 is 36.4. The molecule has 4 aromatic carbocycles. The molecule has 5 aliphatic heterocycles. The van der Waals surface area contributed by atoms with Crippen LogP contribution in [0.2, 0.25) is 0 Å². The maximum atomic E-state index is 16.1. The molecule has 5 heterocycles. The number of hydrogen-bond acceptors (Lipinski definition) is 8. The van der Waals surface area contributed by atoms with Crippen molar-refractivity contribution in [3.63, 3.8) is 0 Å². The number of rotatable bonds is 7. The predicted octanol–water partition coefficient (Wildman–Crippen LogP) is 6.09. The number of fused-ring (bicyclic) bond motifs is 2. The number of nitrogens with one attached hydrogen (secondary N) is 1. The summed E-state index contributed by atoms with van der Waals surface area (Å²) in [7, 11) is 0. The van der Waals surface area contributed by atoms with Gasteiger partial charge in [-0.2, -0.15) is 0 Å². The van der Waals surface area contributed by atoms with Crippen molar-refractivity contribution in [3.8, 4) is 11.5 Å². The number of halogens is 2. The average molecular weight is 776 g/mol. The Balaban J connectivity index is 0.803. The van der Waals surface area contributed by atoms with Crippen LogP contribution in [-0.2, 0) is 16.1 Å². The molecular formula is C45H47F2N5O5. The van der Waals surface area contributed by atoms with Crippen LogP contribution in [0.5, 0.6) is 11.5 Å². The maximum absolute atomic E-state index is 16.1. The van der Waals surface area contributed by atoms with Crippen LogP contribution in [0.3, 0.4) is 0 Å². The van der Waals surface area contributed by atoms with Crippen molar-refractivity contribution in [1.29, 1.82) is 0 Å². The summed E-state index contributed by atoms with van der Waals surface area (Å²) in [6.45, 7) is 8.61. The number of carbonyl (C=O) groups is 3. The van der Waals surface area contributed by atoms with Crippen LogP contribution < -0.4 is 19.9 Å². The van der Waals surface area contributed by atoms with Crippen molar-refractivity contribution in [3.05, 3.63) is 118 Å². The normalized spacial score (nSPS) is 23.0. The quantitative estimate of drug-likeness (QED) is 0.218. The maximum Gasteiger partial charge on any atom is 0.255 e. The number of benzene rings is 4. The lowest BCUT2D eigenvalue weighted by atomic mass is 9.75. The molecule has 0 bridgehead atoms. The van der Waals surface area contributed by atoms with Gasteiger partial charge in [0.2, 0.25) is 11.8 Å². The Labute approximate surface area is 331 Å². The van der Waals surface area contributed by atoms with Crippen LogP contribution in [0.25, 0.3) is 0 Å². The Morgan fingerprint density at radius 3 is 2.35 bits per heavy atom. The first-order valence-corrected chi connectivity index (χ1v) is 20.1. The SMILES string of the molecule is Cc1cc(C2COc3cc(O)ccc3[C@H]2c2ccc(N3CCC(CN4CCN(c5ccc6c(c5)CN(C5CCC(=O)NC5=O)C6=O)CC4)CC3)c(F)c2)ccc1F. The molecule has 3 amide bonds. The Bertz CT molecular complexity index is 2230. The molecule has 0 aliphatic carbocycles. The largest absolute Gasteiger partial charge is 0.508 e. The molecule has 2 N–H and O–H groups in total. The van der Waals surface area contributed by atoms with E-state index < -0.39 is 11.9 Å². The van der Waals surface area contributed by atoms with Gasteiger partial charge in [-0.15, -0.1) is 0 Å². The molecule has 2 unspecified atom stereocenters. The number of phenols is 1. The molecule has 3 fully saturated rings. The number of imide groups is 1. The van der Waals surface area contributed by atoms with E-state index in [2.05, 4.69) is 26.1 Å². The highest BCUT2D eigenvalue weighted by Crippen LogP contribution is 2.48. The molecule has 3 saturated heterocycles. The van der Waals surface area contributed by atoms with Crippen LogP contribution in [-0.4, -0.2) is 91.1 Å². The number of aromatic hydroxyl groups is 1. The number of phenolic OH excluding ortho intramolecular Hbond substituents is 1. The van der Waals surface area contributed by atoms with E-state index in [9.17, 15) is 23.9 Å². The van der Waals surface area contributed by atoms with Gasteiger partial charge < -0.3 is 24.5 Å². The fraction of sp³-hybridized carbons (Fsp3) is 0.400. The lowest BCUT2D eigenvalue weighted by Gasteiger charge is -2.40. The van der Waals surface area contributed by atoms with E-state index in [1.54, 1.807) is 36.1 Å². The Kier molecular flexibility index (Phi) is 9.84. The summed E-state index contributed by atoms with van der Waals surface area (Å²) in [6, 6.07) is 21.0. The third kappa shape index (κ3) is 7.20. The molecule has 9 rings (SSSR count). The fourth-order valence-corrected chi connectivity index (χ4v) is 9.64. The first-order chi connectivity index (χ1) is 27.6. The minimum atomic E-state index is -0.618. The minimum Gasteiger partial charge on any atom is -0.508 e. The second-order valence-corrected chi connectivity index (χ2v) is 16.3. The van der Waals surface area contributed by atoms with E-state index in [1.807, 2.05) is 36.4 Å². The third-order valence-electron chi connectivity index (χ3n) is 12.8. The summed E-state index contributed by atoms with van der Waals surface area (Å²) >= 11 is 0. The van der Waals surface area contributed by atoms with Crippen LogP contribution >= 0.6 is 0 Å². The molecule has 4 aromatic rings. The standard InChI is InChI=1S/C45H47F2N5O5/c1-27-20-29(2-8-37(27)46)36-26-57-41-23-33(53)5-7-35(41)43(36)30-3-9-39(38(47)22-30)51-14-12-28(13-15-51)24-49-16-18-50(19-17-49)32-4-6-34-31(21-32)25-52(45(34)56)40-10-11-42(54)48-44(40)55/h2-9,20-23,28,36,40,43,53H,10-19,24-26H2,1H3,(H,48,54,55)/t36?,40?,43-/m1/s1. The van der Waals surface area contributed by atoms with E-state index >= 15 is 4.39 Å². The number of piperazine rings is 1. The molecule has 0 radical (unpaired) electrons. The van der Waals surface area contributed by atoms with Crippen molar-refractivity contribution >= 4 is 29.1 Å². The number of ether oxygens (including phenoxy) is 1. The van der Waals surface area contributed by atoms with Gasteiger partial charge in [0.05, 0.1) is 12.3 Å². The van der Waals surface area contributed by atoms with Gasteiger partial charge >= 0.3 is 0 Å². The highest BCUT2D eigenvalue weighted by molar-refractivity contribution is 6.05. The second kappa shape index (κ2) is 15.1. The number of piperidine rings is 2. The van der Waals surface area contributed by atoms with Crippen LogP contribution in [0, 0.1) is 24.5 Å². The van der Waals surface area contributed by atoms with Crippen molar-refractivity contribution in [2.75, 3.05) is 62.2 Å². The van der Waals surface area contributed by atoms with E-state index in [0.717, 1.165) is 86.6 Å². The molecular weight excluding hydrogens is 729 g/mol. The Hall–Kier alpha value is -5.49. The van der Waals surface area contributed by atoms with Gasteiger partial charge in [0.1, 0.15) is 29.2 Å². The van der Waals surface area contributed by atoms with Gasteiger partial charge in [-0.1, -0.05) is 24.3 Å². The van der Waals surface area contributed by atoms with Crippen molar-refractivity contribution in [2.24, 2.45) is 5.92 Å². The summed E-state index contributed by atoms with van der Waals surface area (Å²) in [5.74, 6) is -0.579. The first-order valence-electron chi connectivity index (χ1n) is 20.1. The molecule has 10 nitrogen and oxygen atoms in total. The van der Waals surface area contributed by atoms with Crippen LogP contribution in [0.4, 0.5) is 20.2 Å². The van der Waals surface area contributed by atoms with Crippen LogP contribution in [0.15, 0.2) is 72.8 Å². The van der Waals surface area contributed by atoms with Gasteiger partial charge in [-0.3, -0.25) is 24.6 Å². The van der Waals surface area contributed by atoms with Gasteiger partial charge in [0, 0.05) is 93.5 Å². The molecule has 0 spiro atoms. The Morgan fingerprint density at radius 2 is 1.60 bits per heavy atom. The zero-order valence-electron chi connectivity index (χ0n) is 32.1. The molecule has 3 atom stereocenters. The molecule has 296 valence electrons. The number of hydrogen-bond donors (Lipinski definition) is 2. The number of aryl methyl sites for hydroxylation is 1. The van der Waals surface area contributed by atoms with Crippen molar-refractivity contribution in [2.45, 2.75) is 57.0 Å². The predicted molar refractivity (Wildman–Crippen MR) is 212 cm³/mol. The van der Waals surface area contributed by atoms with Crippen LogP contribution in [0.1, 0.15) is 75.7 Å². The third-order valence-corrected chi connectivity index (χ3v) is 12.8. The molecule has 57 heavy (non-hydrogen) atoms. The van der Waals surface area contributed by atoms with Gasteiger partial charge in [0.15, 0.2) is 0 Å². The number of anilines is 2. The van der Waals surface area contributed by atoms with Crippen molar-refractivity contribution < 1.29 is 33.0 Å². The molecule has 0 aromatic heterocycles. The highest BCUT2D eigenvalue weighted by atomic mass is 19.1. The zero-order valence-corrected chi connectivity index (χ0v) is 32.1. The van der Waals surface area contributed by atoms with Gasteiger partial charge in [-0.25, -0.2) is 8.78 Å². The lowest BCUT2D eigenvalue weighted by Crippen LogP contribution is -2.52. The number of carbonyl (C=O) groups excluding carboxylic acids is 3. The summed E-state index contributed by atoms with van der Waals surface area (Å²) in [6.07, 6.45) is 2.55. The summed E-state index contributed by atoms with van der Waals surface area (Å²) in [4.78, 5) is 45.9. The van der Waals surface area contributed by atoms with E-state index in [1.165, 1.54) is 6.07 Å². The number of nitrogens with zero attached hydrogens (tertiary/aromatic N) is 4. The summed E-state index contributed by atoms with van der Waals surface area (Å²) in [5, 5.41) is 12.5. The molecule has 5 aliphatic rings. The average Bonchev–Trinajstić information content (AvgIpc) is 3.53. The Morgan fingerprint density at radius 1 is 0.807 bits per heavy atom. The first kappa shape index (κ1) is 37.1. The molecule has 12 heteroatoms. The highest BCUT2D eigenvalue weighted by Gasteiger charge is 2.40. The number of amides is 3. The van der Waals surface area contributed by atoms with E-state index in [0.29, 0.717) is 48.1 Å². The summed E-state index contributed by atoms with van der Waals surface area (Å²) in [5.41, 5.74) is 6.38. The second-order valence-electron chi connectivity index (χ2n) is 16.3. The zero-order chi connectivity index (χ0) is 39.4.